The first-order valence-corrected chi connectivity index (χ1v) is 5.23. The third-order valence-electron chi connectivity index (χ3n) is 2.48. The van der Waals surface area contributed by atoms with Crippen molar-refractivity contribution in [3.05, 3.63) is 35.4 Å². The molecular weight excluding hydrogens is 274 g/mol. The summed E-state index contributed by atoms with van der Waals surface area (Å²) in [6.07, 6.45) is -12.1. The average molecular weight is 284 g/mol. The number of halogens is 6. The maximum absolute atomic E-state index is 12.3. The number of carbonyl (C=O) groups excluding carboxylic acids is 1. The first kappa shape index (κ1) is 15.5. The number of ketones is 1. The van der Waals surface area contributed by atoms with Gasteiger partial charge in [0.1, 0.15) is 0 Å². The molecule has 0 spiro atoms. The normalized spacial score (nSPS) is 12.8. The summed E-state index contributed by atoms with van der Waals surface area (Å²) in [7, 11) is 0. The third-order valence-corrected chi connectivity index (χ3v) is 2.48. The molecule has 19 heavy (non-hydrogen) atoms. The summed E-state index contributed by atoms with van der Waals surface area (Å²) in [6.45, 7) is 1.71. The fraction of sp³-hybridized carbons (Fsp3) is 0.417. The third kappa shape index (κ3) is 4.25. The van der Waals surface area contributed by atoms with Crippen molar-refractivity contribution in [1.82, 2.24) is 0 Å². The molecule has 0 radical (unpaired) electrons. The van der Waals surface area contributed by atoms with Crippen LogP contribution in [0, 0.1) is 12.8 Å². The molecule has 0 unspecified atom stereocenters. The van der Waals surface area contributed by atoms with Gasteiger partial charge in [-0.15, -0.1) is 0 Å². The van der Waals surface area contributed by atoms with E-state index in [0.717, 1.165) is 5.56 Å². The van der Waals surface area contributed by atoms with Crippen molar-refractivity contribution in [2.24, 2.45) is 5.92 Å². The van der Waals surface area contributed by atoms with Crippen LogP contribution < -0.4 is 0 Å². The molecule has 0 amide bonds. The van der Waals surface area contributed by atoms with Crippen LogP contribution >= 0.6 is 0 Å². The van der Waals surface area contributed by atoms with Crippen LogP contribution in [-0.4, -0.2) is 18.1 Å². The molecule has 1 nitrogen and oxygen atoms in total. The summed E-state index contributed by atoms with van der Waals surface area (Å²) in [4.78, 5) is 11.3. The molecule has 0 fully saturated rings. The van der Waals surface area contributed by atoms with Gasteiger partial charge in [0.25, 0.3) is 0 Å². The van der Waals surface area contributed by atoms with E-state index in [2.05, 4.69) is 0 Å². The van der Waals surface area contributed by atoms with Gasteiger partial charge in [0.2, 0.25) is 5.92 Å². The predicted molar refractivity (Wildman–Crippen MR) is 55.5 cm³/mol. The maximum atomic E-state index is 12.3. The number of benzene rings is 1. The molecule has 1 aromatic rings. The van der Waals surface area contributed by atoms with Gasteiger partial charge in [-0.25, -0.2) is 0 Å². The van der Waals surface area contributed by atoms with Crippen molar-refractivity contribution in [2.45, 2.75) is 25.7 Å². The Balaban J connectivity index is 2.93. The lowest BCUT2D eigenvalue weighted by atomic mass is 9.96. The molecule has 0 aliphatic carbocycles. The van der Waals surface area contributed by atoms with E-state index in [9.17, 15) is 31.1 Å². The number of carbonyl (C=O) groups is 1. The Labute approximate surface area is 105 Å². The second kappa shape index (κ2) is 5.22. The molecule has 0 heterocycles. The van der Waals surface area contributed by atoms with Gasteiger partial charge in [-0.1, -0.05) is 29.8 Å². The van der Waals surface area contributed by atoms with Crippen LogP contribution in [0.3, 0.4) is 0 Å². The number of Topliss-reactive ketones (excluding diaryl/α,β-unsaturated/α-hetero) is 1. The molecule has 0 atom stereocenters. The second-order valence-corrected chi connectivity index (χ2v) is 4.14. The highest BCUT2D eigenvalue weighted by atomic mass is 19.4. The molecule has 1 aromatic carbocycles. The minimum absolute atomic E-state index is 0.120. The number of aryl methyl sites for hydroxylation is 1. The first-order chi connectivity index (χ1) is 8.51. The number of rotatable bonds is 3. The van der Waals surface area contributed by atoms with Gasteiger partial charge in [-0.2, -0.15) is 26.3 Å². The molecule has 1 rings (SSSR count). The van der Waals surface area contributed by atoms with Crippen LogP contribution in [0.1, 0.15) is 11.1 Å². The van der Waals surface area contributed by atoms with Crippen molar-refractivity contribution in [1.29, 1.82) is 0 Å². The highest BCUT2D eigenvalue weighted by molar-refractivity contribution is 5.84. The van der Waals surface area contributed by atoms with E-state index in [1.54, 1.807) is 6.92 Å². The van der Waals surface area contributed by atoms with Crippen LogP contribution in [0.4, 0.5) is 26.3 Å². The Morgan fingerprint density at radius 2 is 1.42 bits per heavy atom. The van der Waals surface area contributed by atoms with Gasteiger partial charge in [0.05, 0.1) is 0 Å². The summed E-state index contributed by atoms with van der Waals surface area (Å²) in [5.74, 6) is -5.83. The predicted octanol–water partition coefficient (Wildman–Crippen LogP) is 3.85. The van der Waals surface area contributed by atoms with Crippen LogP contribution in [0.25, 0.3) is 0 Å². The largest absolute Gasteiger partial charge is 0.407 e. The summed E-state index contributed by atoms with van der Waals surface area (Å²) >= 11 is 0. The molecule has 7 heteroatoms. The minimum Gasteiger partial charge on any atom is -0.298 e. The van der Waals surface area contributed by atoms with Crippen molar-refractivity contribution in [3.8, 4) is 0 Å². The lowest BCUT2D eigenvalue weighted by Crippen LogP contribution is -2.43. The molecule has 106 valence electrons. The Morgan fingerprint density at radius 3 is 1.79 bits per heavy atom. The fourth-order valence-corrected chi connectivity index (χ4v) is 1.56. The van der Waals surface area contributed by atoms with Crippen molar-refractivity contribution < 1.29 is 31.1 Å². The Bertz CT molecular complexity index is 429. The molecule has 0 aliphatic rings. The number of hydrogen-bond donors (Lipinski definition) is 0. The van der Waals surface area contributed by atoms with Gasteiger partial charge < -0.3 is 0 Å². The SMILES string of the molecule is Cc1ccc(CC(=O)C(C(F)(F)F)C(F)(F)F)cc1. The van der Waals surface area contributed by atoms with E-state index in [1.165, 1.54) is 24.3 Å². The molecule has 0 aliphatic heterocycles. The summed E-state index contributed by atoms with van der Waals surface area (Å²) in [5.41, 5.74) is 0.911. The zero-order chi connectivity index (χ0) is 14.8. The average Bonchev–Trinajstić information content (AvgIpc) is 2.16. The lowest BCUT2D eigenvalue weighted by molar-refractivity contribution is -0.273. The van der Waals surface area contributed by atoms with Crippen molar-refractivity contribution in [2.75, 3.05) is 0 Å². The van der Waals surface area contributed by atoms with E-state index in [-0.39, 0.29) is 5.56 Å². The molecule has 0 saturated heterocycles. The minimum atomic E-state index is -5.62. The Kier molecular flexibility index (Phi) is 4.27. The number of alkyl halides is 6. The summed E-state index contributed by atoms with van der Waals surface area (Å²) < 4.78 is 73.8. The van der Waals surface area contributed by atoms with E-state index in [1.807, 2.05) is 0 Å². The molecular formula is C12H10F6O. The standard InChI is InChI=1S/C12H10F6O/c1-7-2-4-8(5-3-7)6-9(19)10(11(13,14)15)12(16,17)18/h2-5,10H,6H2,1H3. The Hall–Kier alpha value is -1.53. The van der Waals surface area contributed by atoms with E-state index in [0.29, 0.717) is 0 Å². The highest BCUT2D eigenvalue weighted by Crippen LogP contribution is 2.40. The van der Waals surface area contributed by atoms with E-state index in [4.69, 9.17) is 0 Å². The molecule has 0 N–H and O–H groups in total. The van der Waals surface area contributed by atoms with Gasteiger partial charge in [0, 0.05) is 6.42 Å². The van der Waals surface area contributed by atoms with Gasteiger partial charge in [0.15, 0.2) is 5.78 Å². The second-order valence-electron chi connectivity index (χ2n) is 4.14. The van der Waals surface area contributed by atoms with Crippen LogP contribution in [0.5, 0.6) is 0 Å². The van der Waals surface area contributed by atoms with Crippen LogP contribution in [0.2, 0.25) is 0 Å². The Morgan fingerprint density at radius 1 is 1.00 bits per heavy atom. The monoisotopic (exact) mass is 284 g/mol. The summed E-state index contributed by atoms with van der Waals surface area (Å²) in [5, 5.41) is 0. The zero-order valence-electron chi connectivity index (χ0n) is 9.77. The molecule has 0 saturated carbocycles. The highest BCUT2D eigenvalue weighted by Gasteiger charge is 2.60. The van der Waals surface area contributed by atoms with Crippen molar-refractivity contribution in [3.63, 3.8) is 0 Å². The summed E-state index contributed by atoms with van der Waals surface area (Å²) in [6, 6.07) is 5.69. The maximum Gasteiger partial charge on any atom is 0.407 e. The quantitative estimate of drug-likeness (QED) is 0.771. The van der Waals surface area contributed by atoms with Crippen LogP contribution in [-0.2, 0) is 11.2 Å². The van der Waals surface area contributed by atoms with E-state index < -0.39 is 30.5 Å². The smallest absolute Gasteiger partial charge is 0.298 e. The van der Waals surface area contributed by atoms with Gasteiger partial charge >= 0.3 is 12.4 Å². The zero-order valence-corrected chi connectivity index (χ0v) is 9.77. The molecule has 0 aromatic heterocycles. The van der Waals surface area contributed by atoms with E-state index >= 15 is 0 Å². The first-order valence-electron chi connectivity index (χ1n) is 5.23. The van der Waals surface area contributed by atoms with Gasteiger partial charge in [-0.05, 0) is 12.5 Å². The van der Waals surface area contributed by atoms with Crippen molar-refractivity contribution >= 4 is 5.78 Å². The van der Waals surface area contributed by atoms with Gasteiger partial charge in [-0.3, -0.25) is 4.79 Å². The molecule has 0 bridgehead atoms. The fourth-order valence-electron chi connectivity index (χ4n) is 1.56. The lowest BCUT2D eigenvalue weighted by Gasteiger charge is -2.21. The van der Waals surface area contributed by atoms with Crippen LogP contribution in [0.15, 0.2) is 24.3 Å². The topological polar surface area (TPSA) is 17.1 Å². The number of hydrogen-bond acceptors (Lipinski definition) is 1.